The fraction of sp³-hybridized carbons (Fsp3) is 0.0435. The highest BCUT2D eigenvalue weighted by atomic mass is 16.5. The van der Waals surface area contributed by atoms with Crippen molar-refractivity contribution < 1.29 is 4.74 Å². The zero-order valence-corrected chi connectivity index (χ0v) is 13.9. The van der Waals surface area contributed by atoms with Gasteiger partial charge in [-0.1, -0.05) is 60.4 Å². The number of methoxy groups -OCH3 is 1. The van der Waals surface area contributed by atoms with Gasteiger partial charge in [-0.15, -0.1) is 0 Å². The molecule has 4 aromatic carbocycles. The summed E-state index contributed by atoms with van der Waals surface area (Å²) in [6.45, 7) is 0. The number of hydrogen-bond acceptors (Lipinski definition) is 2. The van der Waals surface area contributed by atoms with Crippen molar-refractivity contribution in [2.24, 2.45) is 0 Å². The Hall–Kier alpha value is -3.44. The minimum atomic E-state index is 0.708. The first-order valence-corrected chi connectivity index (χ1v) is 8.13. The molecule has 0 unspecified atom stereocenters. The molecule has 4 aromatic rings. The minimum absolute atomic E-state index is 0.708. The number of nitrogen functional groups attached to an aromatic ring is 1. The zero-order valence-electron chi connectivity index (χ0n) is 13.9. The Morgan fingerprint density at radius 1 is 0.720 bits per heavy atom. The van der Waals surface area contributed by atoms with E-state index >= 15 is 0 Å². The molecule has 4 rings (SSSR count). The van der Waals surface area contributed by atoms with E-state index in [1.54, 1.807) is 7.11 Å². The predicted octanol–water partition coefficient (Wildman–Crippen LogP) is 4.98. The molecule has 0 saturated carbocycles. The first-order valence-electron chi connectivity index (χ1n) is 8.13. The Kier molecular flexibility index (Phi) is 3.76. The number of benzene rings is 4. The van der Waals surface area contributed by atoms with E-state index < -0.39 is 0 Å². The summed E-state index contributed by atoms with van der Waals surface area (Å²) in [5.41, 5.74) is 9.01. The van der Waals surface area contributed by atoms with Crippen molar-refractivity contribution in [3.63, 3.8) is 0 Å². The summed E-state index contributed by atoms with van der Waals surface area (Å²) in [4.78, 5) is 0. The highest BCUT2D eigenvalue weighted by Crippen LogP contribution is 2.36. The van der Waals surface area contributed by atoms with E-state index in [-0.39, 0.29) is 0 Å². The molecule has 0 atom stereocenters. The van der Waals surface area contributed by atoms with Crippen molar-refractivity contribution in [1.29, 1.82) is 0 Å². The van der Waals surface area contributed by atoms with Crippen LogP contribution in [0.4, 0.5) is 5.69 Å². The smallest absolute Gasteiger partial charge is 0.119 e. The van der Waals surface area contributed by atoms with Crippen LogP contribution in [0.2, 0.25) is 0 Å². The monoisotopic (exact) mass is 323 g/mol. The molecule has 0 aliphatic carbocycles. The lowest BCUT2D eigenvalue weighted by atomic mass is 9.95. The van der Waals surface area contributed by atoms with Crippen molar-refractivity contribution in [2.45, 2.75) is 0 Å². The van der Waals surface area contributed by atoms with Gasteiger partial charge in [0, 0.05) is 16.3 Å². The number of hydrogen-bond donors (Lipinski definition) is 1. The zero-order chi connectivity index (χ0) is 17.2. The molecule has 0 bridgehead atoms. The first kappa shape index (κ1) is 15.1. The van der Waals surface area contributed by atoms with Crippen molar-refractivity contribution in [3.8, 4) is 17.6 Å². The van der Waals surface area contributed by atoms with Gasteiger partial charge in [-0.05, 0) is 35.0 Å². The fourth-order valence-electron chi connectivity index (χ4n) is 3.12. The maximum absolute atomic E-state index is 6.50. The van der Waals surface area contributed by atoms with E-state index in [2.05, 4.69) is 24.0 Å². The largest absolute Gasteiger partial charge is 0.497 e. The molecule has 0 heterocycles. The number of ether oxygens (including phenoxy) is 1. The van der Waals surface area contributed by atoms with Crippen LogP contribution in [0.5, 0.6) is 5.75 Å². The maximum atomic E-state index is 6.50. The molecular weight excluding hydrogens is 306 g/mol. The van der Waals surface area contributed by atoms with Crippen LogP contribution in [-0.4, -0.2) is 7.11 Å². The third-order valence-corrected chi connectivity index (χ3v) is 4.38. The lowest BCUT2D eigenvalue weighted by molar-refractivity contribution is 0.415. The summed E-state index contributed by atoms with van der Waals surface area (Å²) in [6, 6.07) is 24.1. The molecule has 0 amide bonds. The van der Waals surface area contributed by atoms with Crippen molar-refractivity contribution >= 4 is 27.2 Å². The van der Waals surface area contributed by atoms with Gasteiger partial charge in [-0.25, -0.2) is 0 Å². The summed E-state index contributed by atoms with van der Waals surface area (Å²) in [5, 5.41) is 4.29. The summed E-state index contributed by atoms with van der Waals surface area (Å²) in [5.74, 6) is 7.31. The predicted molar refractivity (Wildman–Crippen MR) is 105 cm³/mol. The van der Waals surface area contributed by atoms with E-state index in [1.165, 1.54) is 0 Å². The van der Waals surface area contributed by atoms with E-state index in [0.29, 0.717) is 5.69 Å². The van der Waals surface area contributed by atoms with Crippen LogP contribution in [0.1, 0.15) is 11.1 Å². The normalized spacial score (nSPS) is 10.4. The topological polar surface area (TPSA) is 35.2 Å². The van der Waals surface area contributed by atoms with Crippen molar-refractivity contribution in [1.82, 2.24) is 0 Å². The number of fused-ring (bicyclic) bond motifs is 3. The van der Waals surface area contributed by atoms with E-state index in [4.69, 9.17) is 10.5 Å². The standard InChI is InChI=1S/C23H17NO/c1-25-17-12-14-19-18-9-5-6-10-20(18)23(24)21(22(19)15-17)13-11-16-7-3-2-4-8-16/h2-10,12,14-15H,24H2,1H3. The average Bonchev–Trinajstić information content (AvgIpc) is 2.68. The molecule has 25 heavy (non-hydrogen) atoms. The Morgan fingerprint density at radius 2 is 1.40 bits per heavy atom. The highest BCUT2D eigenvalue weighted by Gasteiger charge is 2.11. The SMILES string of the molecule is COc1ccc2c(c1)c(C#Cc1ccccc1)c(N)c1ccccc12. The lowest BCUT2D eigenvalue weighted by Gasteiger charge is -2.12. The maximum Gasteiger partial charge on any atom is 0.119 e. The van der Waals surface area contributed by atoms with E-state index in [0.717, 1.165) is 38.4 Å². The van der Waals surface area contributed by atoms with E-state index in [1.807, 2.05) is 60.7 Å². The van der Waals surface area contributed by atoms with Gasteiger partial charge in [0.15, 0.2) is 0 Å². The average molecular weight is 323 g/mol. The molecule has 0 fully saturated rings. The lowest BCUT2D eigenvalue weighted by Crippen LogP contribution is -1.95. The van der Waals surface area contributed by atoms with Gasteiger partial charge >= 0.3 is 0 Å². The van der Waals surface area contributed by atoms with Gasteiger partial charge in [0.05, 0.1) is 18.4 Å². The molecule has 0 aromatic heterocycles. The van der Waals surface area contributed by atoms with Crippen LogP contribution in [0, 0.1) is 11.8 Å². The van der Waals surface area contributed by atoms with Gasteiger partial charge in [0.1, 0.15) is 5.75 Å². The van der Waals surface area contributed by atoms with Crippen LogP contribution in [-0.2, 0) is 0 Å². The molecular formula is C23H17NO. The summed E-state index contributed by atoms with van der Waals surface area (Å²) < 4.78 is 5.40. The molecule has 120 valence electrons. The minimum Gasteiger partial charge on any atom is -0.497 e. The second kappa shape index (κ2) is 6.22. The Labute approximate surface area is 146 Å². The van der Waals surface area contributed by atoms with Gasteiger partial charge in [0.25, 0.3) is 0 Å². The van der Waals surface area contributed by atoms with Gasteiger partial charge in [-0.3, -0.25) is 0 Å². The number of rotatable bonds is 1. The van der Waals surface area contributed by atoms with Crippen LogP contribution in [0.15, 0.2) is 72.8 Å². The van der Waals surface area contributed by atoms with Gasteiger partial charge in [-0.2, -0.15) is 0 Å². The molecule has 2 heteroatoms. The molecule has 2 N–H and O–H groups in total. The number of anilines is 1. The molecule has 0 saturated heterocycles. The summed E-state index contributed by atoms with van der Waals surface area (Å²) in [7, 11) is 1.67. The Morgan fingerprint density at radius 3 is 2.16 bits per heavy atom. The van der Waals surface area contributed by atoms with Crippen LogP contribution in [0.25, 0.3) is 21.5 Å². The second-order valence-electron chi connectivity index (χ2n) is 5.86. The van der Waals surface area contributed by atoms with Crippen LogP contribution in [0.3, 0.4) is 0 Å². The quantitative estimate of drug-likeness (QED) is 0.304. The summed E-state index contributed by atoms with van der Waals surface area (Å²) in [6.07, 6.45) is 0. The van der Waals surface area contributed by atoms with Crippen molar-refractivity contribution in [3.05, 3.63) is 83.9 Å². The van der Waals surface area contributed by atoms with Gasteiger partial charge in [0.2, 0.25) is 0 Å². The molecule has 0 spiro atoms. The highest BCUT2D eigenvalue weighted by molar-refractivity contribution is 6.16. The third kappa shape index (κ3) is 2.66. The molecule has 0 radical (unpaired) electrons. The third-order valence-electron chi connectivity index (χ3n) is 4.38. The van der Waals surface area contributed by atoms with Crippen molar-refractivity contribution in [2.75, 3.05) is 12.8 Å². The molecule has 0 aliphatic heterocycles. The molecule has 0 aliphatic rings. The second-order valence-corrected chi connectivity index (χ2v) is 5.86. The van der Waals surface area contributed by atoms with Crippen LogP contribution >= 0.6 is 0 Å². The first-order chi connectivity index (χ1) is 12.3. The van der Waals surface area contributed by atoms with Gasteiger partial charge < -0.3 is 10.5 Å². The Balaban J connectivity index is 2.06. The van der Waals surface area contributed by atoms with Crippen LogP contribution < -0.4 is 10.5 Å². The molecule has 2 nitrogen and oxygen atoms in total. The number of nitrogens with two attached hydrogens (primary N) is 1. The summed E-state index contributed by atoms with van der Waals surface area (Å²) >= 11 is 0. The van der Waals surface area contributed by atoms with E-state index in [9.17, 15) is 0 Å². The fourth-order valence-corrected chi connectivity index (χ4v) is 3.12. The Bertz CT molecular complexity index is 1130.